The van der Waals surface area contributed by atoms with Gasteiger partial charge in [-0.15, -0.1) is 0 Å². The third-order valence-corrected chi connectivity index (χ3v) is 2.30. The molecule has 0 radical (unpaired) electrons. The molecule has 0 aromatic rings. The second-order valence-corrected chi connectivity index (χ2v) is 4.46. The van der Waals surface area contributed by atoms with Gasteiger partial charge in [0.2, 0.25) is 0 Å². The van der Waals surface area contributed by atoms with E-state index >= 15 is 0 Å². The Hall–Kier alpha value is -1.57. The van der Waals surface area contributed by atoms with E-state index in [1.54, 1.807) is 20.8 Å². The largest absolute Gasteiger partial charge is 0.420 e. The molecule has 0 spiro atoms. The van der Waals surface area contributed by atoms with Gasteiger partial charge in [0.05, 0.1) is 6.07 Å². The molecule has 1 rings (SSSR count). The molecule has 0 saturated carbocycles. The molecule has 1 saturated heterocycles. The normalized spacial score (nSPS) is 20.1. The van der Waals surface area contributed by atoms with Crippen molar-refractivity contribution in [2.75, 3.05) is 0 Å². The summed E-state index contributed by atoms with van der Waals surface area (Å²) in [6.45, 7) is 5.24. The summed E-state index contributed by atoms with van der Waals surface area (Å²) in [7, 11) is 0. The Kier molecular flexibility index (Phi) is 2.71. The van der Waals surface area contributed by atoms with Crippen LogP contribution in [0, 0.1) is 16.7 Å². The SMILES string of the molecule is CC(C)(C)C1(CC#N)OC(=O)CC(=O)O1. The standard InChI is InChI=1S/C10H13NO4/c1-9(2,3)10(4-5-11)14-7(12)6-8(13)15-10/h4,6H2,1-3H3. The highest BCUT2D eigenvalue weighted by atomic mass is 16.7. The Bertz CT molecular complexity index is 318. The Morgan fingerprint density at radius 1 is 1.33 bits per heavy atom. The van der Waals surface area contributed by atoms with E-state index in [2.05, 4.69) is 0 Å². The lowest BCUT2D eigenvalue weighted by atomic mass is 9.83. The highest BCUT2D eigenvalue weighted by molar-refractivity contribution is 5.93. The fraction of sp³-hybridized carbons (Fsp3) is 0.700. The number of carbonyl (C=O) groups excluding carboxylic acids is 2. The molecular formula is C10H13NO4. The molecule has 0 atom stereocenters. The molecule has 1 heterocycles. The zero-order valence-electron chi connectivity index (χ0n) is 8.99. The van der Waals surface area contributed by atoms with Crippen LogP contribution in [0.1, 0.15) is 33.6 Å². The maximum Gasteiger partial charge on any atom is 0.320 e. The lowest BCUT2D eigenvalue weighted by Crippen LogP contribution is -2.53. The zero-order valence-corrected chi connectivity index (χ0v) is 8.99. The maximum absolute atomic E-state index is 11.2. The van der Waals surface area contributed by atoms with Crippen molar-refractivity contribution < 1.29 is 19.1 Å². The highest BCUT2D eigenvalue weighted by Crippen LogP contribution is 2.40. The van der Waals surface area contributed by atoms with Crippen LogP contribution in [-0.2, 0) is 19.1 Å². The average molecular weight is 211 g/mol. The van der Waals surface area contributed by atoms with Crippen molar-refractivity contribution >= 4 is 11.9 Å². The van der Waals surface area contributed by atoms with E-state index in [1.165, 1.54) is 0 Å². The second kappa shape index (κ2) is 3.54. The molecule has 5 nitrogen and oxygen atoms in total. The van der Waals surface area contributed by atoms with Crippen molar-refractivity contribution in [2.24, 2.45) is 5.41 Å². The van der Waals surface area contributed by atoms with E-state index in [4.69, 9.17) is 14.7 Å². The van der Waals surface area contributed by atoms with E-state index in [9.17, 15) is 9.59 Å². The fourth-order valence-corrected chi connectivity index (χ4v) is 1.33. The van der Waals surface area contributed by atoms with Crippen LogP contribution in [0.5, 0.6) is 0 Å². The van der Waals surface area contributed by atoms with E-state index < -0.39 is 23.1 Å². The number of esters is 2. The Morgan fingerprint density at radius 3 is 2.13 bits per heavy atom. The summed E-state index contributed by atoms with van der Waals surface area (Å²) >= 11 is 0. The first-order valence-electron chi connectivity index (χ1n) is 4.61. The number of rotatable bonds is 1. The van der Waals surface area contributed by atoms with Crippen LogP contribution in [0.25, 0.3) is 0 Å². The van der Waals surface area contributed by atoms with Crippen molar-refractivity contribution in [3.63, 3.8) is 0 Å². The maximum atomic E-state index is 11.2. The van der Waals surface area contributed by atoms with E-state index in [0.717, 1.165) is 0 Å². The first kappa shape index (κ1) is 11.5. The molecule has 0 N–H and O–H groups in total. The molecule has 0 aromatic heterocycles. The van der Waals surface area contributed by atoms with Gasteiger partial charge in [-0.25, -0.2) is 0 Å². The minimum atomic E-state index is -1.45. The van der Waals surface area contributed by atoms with Crippen LogP contribution in [0.2, 0.25) is 0 Å². The summed E-state index contributed by atoms with van der Waals surface area (Å²) in [5.74, 6) is -2.73. The number of ether oxygens (including phenoxy) is 2. The number of nitrogens with zero attached hydrogens (tertiary/aromatic N) is 1. The first-order valence-corrected chi connectivity index (χ1v) is 4.61. The van der Waals surface area contributed by atoms with Gasteiger partial charge in [-0.1, -0.05) is 20.8 Å². The smallest absolute Gasteiger partial charge is 0.320 e. The first-order chi connectivity index (χ1) is 6.81. The van der Waals surface area contributed by atoms with Crippen molar-refractivity contribution in [1.29, 1.82) is 5.26 Å². The fourth-order valence-electron chi connectivity index (χ4n) is 1.33. The van der Waals surface area contributed by atoms with Crippen LogP contribution < -0.4 is 0 Å². The van der Waals surface area contributed by atoms with Crippen LogP contribution in [0.4, 0.5) is 0 Å². The lowest BCUT2D eigenvalue weighted by molar-refractivity contribution is -0.275. The number of cyclic esters (lactones) is 2. The van der Waals surface area contributed by atoms with Gasteiger partial charge < -0.3 is 9.47 Å². The second-order valence-electron chi connectivity index (χ2n) is 4.46. The molecule has 0 aliphatic carbocycles. The third-order valence-electron chi connectivity index (χ3n) is 2.30. The van der Waals surface area contributed by atoms with E-state index in [-0.39, 0.29) is 12.8 Å². The Labute approximate surface area is 88.0 Å². The van der Waals surface area contributed by atoms with Gasteiger partial charge in [0.25, 0.3) is 5.79 Å². The predicted octanol–water partition coefficient (Wildman–Crippen LogP) is 1.13. The molecule has 1 fully saturated rings. The summed E-state index contributed by atoms with van der Waals surface area (Å²) in [4.78, 5) is 22.4. The molecule has 1 aliphatic rings. The van der Waals surface area contributed by atoms with E-state index in [1.807, 2.05) is 6.07 Å². The molecule has 0 bridgehead atoms. The van der Waals surface area contributed by atoms with Crippen LogP contribution in [0.15, 0.2) is 0 Å². The van der Waals surface area contributed by atoms with Gasteiger partial charge in [-0.2, -0.15) is 5.26 Å². The number of nitriles is 1. The summed E-state index contributed by atoms with van der Waals surface area (Å²) in [6.07, 6.45) is -0.544. The van der Waals surface area contributed by atoms with Gasteiger partial charge in [-0.05, 0) is 0 Å². The minimum Gasteiger partial charge on any atom is -0.420 e. The predicted molar refractivity (Wildman–Crippen MR) is 49.2 cm³/mol. The molecular weight excluding hydrogens is 198 g/mol. The summed E-state index contributed by atoms with van der Waals surface area (Å²) in [5.41, 5.74) is -0.630. The molecule has 0 aromatic carbocycles. The average Bonchev–Trinajstić information content (AvgIpc) is 1.99. The van der Waals surface area contributed by atoms with Gasteiger partial charge in [0, 0.05) is 5.41 Å². The number of hydrogen-bond acceptors (Lipinski definition) is 5. The summed E-state index contributed by atoms with van der Waals surface area (Å²) in [6, 6.07) is 1.87. The minimum absolute atomic E-state index is 0.159. The summed E-state index contributed by atoms with van der Waals surface area (Å²) < 4.78 is 10.1. The molecule has 0 unspecified atom stereocenters. The number of hydrogen-bond donors (Lipinski definition) is 0. The molecule has 15 heavy (non-hydrogen) atoms. The third kappa shape index (κ3) is 2.09. The zero-order chi connectivity index (χ0) is 11.7. The summed E-state index contributed by atoms with van der Waals surface area (Å²) in [5, 5.41) is 8.69. The van der Waals surface area contributed by atoms with Crippen LogP contribution in [0.3, 0.4) is 0 Å². The van der Waals surface area contributed by atoms with Crippen molar-refractivity contribution in [2.45, 2.75) is 39.4 Å². The van der Waals surface area contributed by atoms with Gasteiger partial charge >= 0.3 is 11.9 Å². The van der Waals surface area contributed by atoms with Crippen LogP contribution in [-0.4, -0.2) is 17.7 Å². The monoisotopic (exact) mass is 211 g/mol. The van der Waals surface area contributed by atoms with Crippen molar-refractivity contribution in [3.05, 3.63) is 0 Å². The highest BCUT2D eigenvalue weighted by Gasteiger charge is 2.52. The van der Waals surface area contributed by atoms with Crippen LogP contribution >= 0.6 is 0 Å². The van der Waals surface area contributed by atoms with Crippen molar-refractivity contribution in [3.8, 4) is 6.07 Å². The van der Waals surface area contributed by atoms with Gasteiger partial charge in [-0.3, -0.25) is 9.59 Å². The number of carbonyl (C=O) groups is 2. The lowest BCUT2D eigenvalue weighted by Gasteiger charge is -2.43. The van der Waals surface area contributed by atoms with Gasteiger partial charge in [0.15, 0.2) is 0 Å². The molecule has 0 amide bonds. The Balaban J connectivity index is 3.06. The Morgan fingerprint density at radius 2 is 1.80 bits per heavy atom. The van der Waals surface area contributed by atoms with Gasteiger partial charge in [0.1, 0.15) is 12.8 Å². The quantitative estimate of drug-likeness (QED) is 0.480. The molecule has 82 valence electrons. The van der Waals surface area contributed by atoms with E-state index in [0.29, 0.717) is 0 Å². The molecule has 5 heteroatoms. The topological polar surface area (TPSA) is 76.4 Å². The van der Waals surface area contributed by atoms with Crippen molar-refractivity contribution in [1.82, 2.24) is 0 Å². The molecule has 1 aliphatic heterocycles.